The van der Waals surface area contributed by atoms with Gasteiger partial charge in [0.15, 0.2) is 0 Å². The lowest BCUT2D eigenvalue weighted by molar-refractivity contribution is -0.140. The third kappa shape index (κ3) is 4.48. The van der Waals surface area contributed by atoms with Crippen molar-refractivity contribution in [2.24, 2.45) is 0 Å². The van der Waals surface area contributed by atoms with Crippen LogP contribution in [0.15, 0.2) is 42.6 Å². The Morgan fingerprint density at radius 2 is 1.55 bits per heavy atom. The first-order valence-corrected chi connectivity index (χ1v) is 9.53. The van der Waals surface area contributed by atoms with E-state index in [-0.39, 0.29) is 6.54 Å². The van der Waals surface area contributed by atoms with Crippen LogP contribution in [0.2, 0.25) is 0 Å². The predicted molar refractivity (Wildman–Crippen MR) is 102 cm³/mol. The Labute approximate surface area is 173 Å². The fourth-order valence-corrected chi connectivity index (χ4v) is 3.84. The highest BCUT2D eigenvalue weighted by Crippen LogP contribution is 2.35. The first kappa shape index (κ1) is 21.5. The van der Waals surface area contributed by atoms with E-state index in [1.165, 1.54) is 12.1 Å². The van der Waals surface area contributed by atoms with Crippen LogP contribution in [0, 0.1) is 5.82 Å². The van der Waals surface area contributed by atoms with Crippen LogP contribution in [0.5, 0.6) is 0 Å². The second-order valence-corrected chi connectivity index (χ2v) is 7.51. The number of benzene rings is 2. The van der Waals surface area contributed by atoms with Crippen LogP contribution in [0.4, 0.5) is 36.4 Å². The summed E-state index contributed by atoms with van der Waals surface area (Å²) in [4.78, 5) is 6.85. The molecule has 0 bridgehead atoms. The summed E-state index contributed by atoms with van der Waals surface area (Å²) >= 11 is 0. The molecule has 0 atom stereocenters. The Kier molecular flexibility index (Phi) is 5.36. The minimum atomic E-state index is -4.76. The van der Waals surface area contributed by atoms with Crippen molar-refractivity contribution < 1.29 is 30.7 Å². The SMILES string of the molecule is Fc1ccc(CN2CCN(c3c[nH]c4ccc(C(F)(F)F)cc34)CC2)cc1C(F)(F)F. The summed E-state index contributed by atoms with van der Waals surface area (Å²) < 4.78 is 91.4. The molecule has 2 aromatic carbocycles. The highest BCUT2D eigenvalue weighted by molar-refractivity contribution is 5.93. The first-order valence-electron chi connectivity index (χ1n) is 9.53. The number of nitrogens with zero attached hydrogens (tertiary/aromatic N) is 2. The lowest BCUT2D eigenvalue weighted by Gasteiger charge is -2.36. The lowest BCUT2D eigenvalue weighted by Crippen LogP contribution is -2.45. The summed E-state index contributed by atoms with van der Waals surface area (Å²) in [7, 11) is 0. The van der Waals surface area contributed by atoms with Crippen molar-refractivity contribution in [1.82, 2.24) is 9.88 Å². The van der Waals surface area contributed by atoms with Gasteiger partial charge >= 0.3 is 12.4 Å². The molecule has 1 aliphatic heterocycles. The number of alkyl halides is 6. The lowest BCUT2D eigenvalue weighted by atomic mass is 10.1. The van der Waals surface area contributed by atoms with Crippen molar-refractivity contribution in [3.63, 3.8) is 0 Å². The van der Waals surface area contributed by atoms with Gasteiger partial charge < -0.3 is 9.88 Å². The van der Waals surface area contributed by atoms with Gasteiger partial charge in [0.1, 0.15) is 5.82 Å². The molecule has 3 aromatic rings. The highest BCUT2D eigenvalue weighted by atomic mass is 19.4. The van der Waals surface area contributed by atoms with Crippen molar-refractivity contribution in [2.75, 3.05) is 31.1 Å². The molecule has 0 aliphatic carbocycles. The number of H-pyrrole nitrogens is 1. The maximum Gasteiger partial charge on any atom is 0.419 e. The van der Waals surface area contributed by atoms with Crippen LogP contribution in [-0.2, 0) is 18.9 Å². The van der Waals surface area contributed by atoms with E-state index >= 15 is 0 Å². The smallest absolute Gasteiger partial charge is 0.367 e. The van der Waals surface area contributed by atoms with Crippen LogP contribution in [0.3, 0.4) is 0 Å². The number of hydrogen-bond donors (Lipinski definition) is 1. The average molecular weight is 445 g/mol. The molecule has 1 aromatic heterocycles. The second kappa shape index (κ2) is 7.74. The van der Waals surface area contributed by atoms with Gasteiger partial charge in [0, 0.05) is 49.8 Å². The first-order chi connectivity index (χ1) is 14.5. The van der Waals surface area contributed by atoms with E-state index in [0.29, 0.717) is 48.3 Å². The fraction of sp³-hybridized carbons (Fsp3) is 0.333. The van der Waals surface area contributed by atoms with Gasteiger partial charge in [0.25, 0.3) is 0 Å². The molecular formula is C21H18F7N3. The Morgan fingerprint density at radius 3 is 2.19 bits per heavy atom. The minimum Gasteiger partial charge on any atom is -0.367 e. The topological polar surface area (TPSA) is 22.3 Å². The number of piperazine rings is 1. The third-order valence-electron chi connectivity index (χ3n) is 5.44. The van der Waals surface area contributed by atoms with Crippen molar-refractivity contribution in [3.05, 3.63) is 65.1 Å². The fourth-order valence-electron chi connectivity index (χ4n) is 3.84. The number of aromatic amines is 1. The monoisotopic (exact) mass is 445 g/mol. The molecule has 1 N–H and O–H groups in total. The van der Waals surface area contributed by atoms with E-state index in [1.807, 2.05) is 9.80 Å². The van der Waals surface area contributed by atoms with Crippen LogP contribution in [0.25, 0.3) is 10.9 Å². The molecular weight excluding hydrogens is 427 g/mol. The van der Waals surface area contributed by atoms with E-state index in [4.69, 9.17) is 0 Å². The molecule has 0 amide bonds. The van der Waals surface area contributed by atoms with Gasteiger partial charge in [-0.1, -0.05) is 6.07 Å². The second-order valence-electron chi connectivity index (χ2n) is 7.51. The number of fused-ring (bicyclic) bond motifs is 1. The van der Waals surface area contributed by atoms with E-state index in [0.717, 1.165) is 24.3 Å². The summed E-state index contributed by atoms with van der Waals surface area (Å²) in [6, 6.07) is 6.50. The number of hydrogen-bond acceptors (Lipinski definition) is 2. The zero-order valence-electron chi connectivity index (χ0n) is 16.1. The van der Waals surface area contributed by atoms with Gasteiger partial charge in [-0.05, 0) is 35.9 Å². The number of nitrogens with one attached hydrogen (secondary N) is 1. The molecule has 166 valence electrons. The summed E-state index contributed by atoms with van der Waals surface area (Å²) in [6.45, 7) is 2.23. The van der Waals surface area contributed by atoms with Crippen LogP contribution in [-0.4, -0.2) is 36.1 Å². The normalized spacial score (nSPS) is 16.3. The van der Waals surface area contributed by atoms with Crippen molar-refractivity contribution in [3.8, 4) is 0 Å². The molecule has 2 heterocycles. The molecule has 0 saturated carbocycles. The Balaban J connectivity index is 1.46. The molecule has 1 saturated heterocycles. The van der Waals surface area contributed by atoms with Crippen molar-refractivity contribution in [2.45, 2.75) is 18.9 Å². The maximum atomic E-state index is 13.5. The van der Waals surface area contributed by atoms with Crippen LogP contribution >= 0.6 is 0 Å². The van der Waals surface area contributed by atoms with Gasteiger partial charge in [-0.3, -0.25) is 4.90 Å². The Morgan fingerprint density at radius 1 is 0.839 bits per heavy atom. The number of halogens is 7. The molecule has 0 radical (unpaired) electrons. The molecule has 0 spiro atoms. The standard InChI is InChI=1S/C21H18F7N3/c22-17-3-1-13(9-16(17)21(26,27)28)12-30-5-7-31(8-6-30)19-11-29-18-4-2-14(10-15(18)19)20(23,24)25/h1-4,9-11,29H,5-8,12H2. The van der Waals surface area contributed by atoms with Gasteiger partial charge in [-0.25, -0.2) is 4.39 Å². The number of aromatic nitrogens is 1. The van der Waals surface area contributed by atoms with Crippen LogP contribution < -0.4 is 4.90 Å². The molecule has 31 heavy (non-hydrogen) atoms. The van der Waals surface area contributed by atoms with E-state index in [9.17, 15) is 30.7 Å². The minimum absolute atomic E-state index is 0.226. The molecule has 3 nitrogen and oxygen atoms in total. The van der Waals surface area contributed by atoms with Crippen molar-refractivity contribution >= 4 is 16.6 Å². The maximum absolute atomic E-state index is 13.5. The third-order valence-corrected chi connectivity index (χ3v) is 5.44. The molecule has 10 heteroatoms. The Bertz CT molecular complexity index is 1080. The van der Waals surface area contributed by atoms with Crippen molar-refractivity contribution in [1.29, 1.82) is 0 Å². The van der Waals surface area contributed by atoms with E-state index < -0.39 is 29.3 Å². The van der Waals surface area contributed by atoms with Gasteiger partial charge in [-0.15, -0.1) is 0 Å². The van der Waals surface area contributed by atoms with E-state index in [1.54, 1.807) is 6.20 Å². The average Bonchev–Trinajstić information content (AvgIpc) is 3.12. The summed E-state index contributed by atoms with van der Waals surface area (Å²) in [5.74, 6) is -1.31. The van der Waals surface area contributed by atoms with E-state index in [2.05, 4.69) is 4.98 Å². The molecule has 1 aliphatic rings. The van der Waals surface area contributed by atoms with Gasteiger partial charge in [-0.2, -0.15) is 26.3 Å². The summed E-state index contributed by atoms with van der Waals surface area (Å²) in [5, 5.41) is 0.469. The largest absolute Gasteiger partial charge is 0.419 e. The highest BCUT2D eigenvalue weighted by Gasteiger charge is 2.34. The van der Waals surface area contributed by atoms with Gasteiger partial charge in [0.2, 0.25) is 0 Å². The quantitative estimate of drug-likeness (QED) is 0.525. The Hall–Kier alpha value is -2.75. The zero-order valence-corrected chi connectivity index (χ0v) is 16.1. The summed E-state index contributed by atoms with van der Waals surface area (Å²) in [5.41, 5.74) is -0.415. The summed E-state index contributed by atoms with van der Waals surface area (Å²) in [6.07, 6.45) is -7.54. The van der Waals surface area contributed by atoms with Crippen LogP contribution in [0.1, 0.15) is 16.7 Å². The molecule has 0 unspecified atom stereocenters. The predicted octanol–water partition coefficient (Wildman–Crippen LogP) is 5.67. The molecule has 4 rings (SSSR count). The van der Waals surface area contributed by atoms with Gasteiger partial charge in [0.05, 0.1) is 16.8 Å². The molecule has 1 fully saturated rings. The number of anilines is 1. The number of rotatable bonds is 3. The zero-order chi connectivity index (χ0) is 22.4.